The van der Waals surface area contributed by atoms with Gasteiger partial charge >= 0.3 is 0 Å². The Morgan fingerprint density at radius 1 is 1.15 bits per heavy atom. The van der Waals surface area contributed by atoms with Crippen molar-refractivity contribution in [1.82, 2.24) is 19.2 Å². The second kappa shape index (κ2) is 6.46. The van der Waals surface area contributed by atoms with Crippen LogP contribution in [-0.2, 0) is 13.0 Å². The standard InChI is InChI=1S/C21H20N4O2/c1-26-19-7-2-4-16-12-15(14-27-20(16)19)13-24-11-10-22-21(24)18-6-3-5-17-8-9-23-25(17)18/h2-11,15H,12-14H2,1H3. The summed E-state index contributed by atoms with van der Waals surface area (Å²) in [4.78, 5) is 4.59. The van der Waals surface area contributed by atoms with Crippen LogP contribution in [0, 0.1) is 5.92 Å². The average molecular weight is 360 g/mol. The van der Waals surface area contributed by atoms with Crippen LogP contribution >= 0.6 is 0 Å². The molecule has 1 aromatic carbocycles. The maximum Gasteiger partial charge on any atom is 0.164 e. The lowest BCUT2D eigenvalue weighted by molar-refractivity contribution is 0.198. The first kappa shape index (κ1) is 15.9. The minimum atomic E-state index is 0.370. The predicted molar refractivity (Wildman–Crippen MR) is 102 cm³/mol. The minimum absolute atomic E-state index is 0.370. The number of nitrogens with zero attached hydrogens (tertiary/aromatic N) is 4. The first-order valence-electron chi connectivity index (χ1n) is 9.06. The molecule has 1 atom stereocenters. The van der Waals surface area contributed by atoms with Gasteiger partial charge in [-0.25, -0.2) is 9.50 Å². The lowest BCUT2D eigenvalue weighted by Gasteiger charge is -2.27. The van der Waals surface area contributed by atoms with E-state index in [0.29, 0.717) is 12.5 Å². The zero-order valence-electron chi connectivity index (χ0n) is 15.1. The molecule has 0 N–H and O–H groups in total. The van der Waals surface area contributed by atoms with Gasteiger partial charge in [0, 0.05) is 24.9 Å². The molecule has 0 saturated heterocycles. The van der Waals surface area contributed by atoms with Crippen LogP contribution in [0.3, 0.4) is 0 Å². The summed E-state index contributed by atoms with van der Waals surface area (Å²) in [5.41, 5.74) is 3.24. The molecule has 4 heterocycles. The fraction of sp³-hybridized carbons (Fsp3) is 0.238. The average Bonchev–Trinajstić information content (AvgIpc) is 3.36. The Bertz CT molecular complexity index is 1100. The summed E-state index contributed by atoms with van der Waals surface area (Å²) in [6.07, 6.45) is 6.64. The third-order valence-electron chi connectivity index (χ3n) is 5.07. The summed E-state index contributed by atoms with van der Waals surface area (Å²) < 4.78 is 15.6. The number of ether oxygens (including phenoxy) is 2. The van der Waals surface area contributed by atoms with Crippen LogP contribution in [-0.4, -0.2) is 32.9 Å². The quantitative estimate of drug-likeness (QED) is 0.559. The highest BCUT2D eigenvalue weighted by Crippen LogP contribution is 2.36. The molecular formula is C21H20N4O2. The van der Waals surface area contributed by atoms with Gasteiger partial charge in [-0.2, -0.15) is 5.10 Å². The molecule has 0 fully saturated rings. The van der Waals surface area contributed by atoms with Gasteiger partial charge in [0.05, 0.1) is 25.4 Å². The van der Waals surface area contributed by atoms with Crippen molar-refractivity contribution in [2.24, 2.45) is 5.92 Å². The molecule has 6 heteroatoms. The van der Waals surface area contributed by atoms with E-state index in [9.17, 15) is 0 Å². The highest BCUT2D eigenvalue weighted by atomic mass is 16.5. The highest BCUT2D eigenvalue weighted by Gasteiger charge is 2.24. The fourth-order valence-electron chi connectivity index (χ4n) is 3.82. The zero-order chi connectivity index (χ0) is 18.2. The topological polar surface area (TPSA) is 53.6 Å². The van der Waals surface area contributed by atoms with Gasteiger partial charge in [-0.15, -0.1) is 0 Å². The molecule has 4 aromatic rings. The number of hydrogen-bond acceptors (Lipinski definition) is 4. The number of benzene rings is 1. The van der Waals surface area contributed by atoms with Gasteiger partial charge in [-0.05, 0) is 36.2 Å². The summed E-state index contributed by atoms with van der Waals surface area (Å²) in [5.74, 6) is 2.97. The van der Waals surface area contributed by atoms with Crippen LogP contribution in [0.2, 0.25) is 0 Å². The normalized spacial score (nSPS) is 16.1. The second-order valence-electron chi connectivity index (χ2n) is 6.81. The summed E-state index contributed by atoms with van der Waals surface area (Å²) in [7, 11) is 1.68. The Balaban J connectivity index is 1.43. The Kier molecular flexibility index (Phi) is 3.81. The molecular weight excluding hydrogens is 340 g/mol. The monoisotopic (exact) mass is 360 g/mol. The third kappa shape index (κ3) is 2.73. The second-order valence-corrected chi connectivity index (χ2v) is 6.81. The molecule has 0 bridgehead atoms. The van der Waals surface area contributed by atoms with E-state index in [-0.39, 0.29) is 0 Å². The molecule has 0 saturated carbocycles. The maximum absolute atomic E-state index is 6.03. The number of fused-ring (bicyclic) bond motifs is 2. The lowest BCUT2D eigenvalue weighted by atomic mass is 9.96. The van der Waals surface area contributed by atoms with E-state index < -0.39 is 0 Å². The van der Waals surface area contributed by atoms with Crippen molar-refractivity contribution >= 4 is 5.52 Å². The van der Waals surface area contributed by atoms with Crippen LogP contribution in [0.25, 0.3) is 17.0 Å². The molecule has 3 aromatic heterocycles. The molecule has 0 radical (unpaired) electrons. The number of hydrogen-bond donors (Lipinski definition) is 0. The number of methoxy groups -OCH3 is 1. The van der Waals surface area contributed by atoms with Crippen molar-refractivity contribution in [3.8, 4) is 23.0 Å². The lowest BCUT2D eigenvalue weighted by Crippen LogP contribution is -2.25. The van der Waals surface area contributed by atoms with Crippen molar-refractivity contribution in [1.29, 1.82) is 0 Å². The third-order valence-corrected chi connectivity index (χ3v) is 5.07. The minimum Gasteiger partial charge on any atom is -0.493 e. The van der Waals surface area contributed by atoms with E-state index in [0.717, 1.165) is 41.5 Å². The van der Waals surface area contributed by atoms with Crippen LogP contribution in [0.15, 0.2) is 61.1 Å². The predicted octanol–water partition coefficient (Wildman–Crippen LogP) is 3.46. The van der Waals surface area contributed by atoms with Crippen LogP contribution < -0.4 is 9.47 Å². The van der Waals surface area contributed by atoms with E-state index in [1.807, 2.05) is 53.4 Å². The summed E-state index contributed by atoms with van der Waals surface area (Å²) in [6.45, 7) is 1.50. The first-order chi connectivity index (χ1) is 13.3. The number of pyridine rings is 1. The number of aromatic nitrogens is 4. The Hall–Kier alpha value is -3.28. The maximum atomic E-state index is 6.03. The van der Waals surface area contributed by atoms with E-state index >= 15 is 0 Å². The molecule has 0 amide bonds. The molecule has 5 rings (SSSR count). The smallest absolute Gasteiger partial charge is 0.164 e. The summed E-state index contributed by atoms with van der Waals surface area (Å²) in [6, 6.07) is 14.2. The SMILES string of the molecule is COc1cccc2c1OCC(Cn1ccnc1-c1cccc3ccnn13)C2. The van der Waals surface area contributed by atoms with E-state index in [2.05, 4.69) is 26.8 Å². The molecule has 1 aliphatic rings. The van der Waals surface area contributed by atoms with Crippen molar-refractivity contribution in [2.75, 3.05) is 13.7 Å². The van der Waals surface area contributed by atoms with Crippen molar-refractivity contribution in [2.45, 2.75) is 13.0 Å². The molecule has 0 spiro atoms. The molecule has 1 unspecified atom stereocenters. The van der Waals surface area contributed by atoms with Gasteiger partial charge in [0.1, 0.15) is 5.69 Å². The van der Waals surface area contributed by atoms with Gasteiger partial charge in [-0.3, -0.25) is 0 Å². The van der Waals surface area contributed by atoms with Crippen molar-refractivity contribution in [3.63, 3.8) is 0 Å². The Morgan fingerprint density at radius 3 is 3.00 bits per heavy atom. The van der Waals surface area contributed by atoms with E-state index in [1.54, 1.807) is 7.11 Å². The Labute approximate surface area is 157 Å². The zero-order valence-corrected chi connectivity index (χ0v) is 15.1. The highest BCUT2D eigenvalue weighted by molar-refractivity contribution is 5.59. The van der Waals surface area contributed by atoms with Crippen LogP contribution in [0.5, 0.6) is 11.5 Å². The number of para-hydroxylation sites is 1. The van der Waals surface area contributed by atoms with Gasteiger partial charge in [0.15, 0.2) is 17.3 Å². The van der Waals surface area contributed by atoms with Gasteiger partial charge in [-0.1, -0.05) is 18.2 Å². The molecule has 136 valence electrons. The summed E-state index contributed by atoms with van der Waals surface area (Å²) in [5, 5.41) is 4.44. The van der Waals surface area contributed by atoms with Gasteiger partial charge in [0.25, 0.3) is 0 Å². The fourth-order valence-corrected chi connectivity index (χ4v) is 3.82. The Morgan fingerprint density at radius 2 is 2.07 bits per heavy atom. The van der Waals surface area contributed by atoms with Crippen molar-refractivity contribution < 1.29 is 9.47 Å². The largest absolute Gasteiger partial charge is 0.493 e. The van der Waals surface area contributed by atoms with Crippen LogP contribution in [0.4, 0.5) is 0 Å². The number of rotatable bonds is 4. The van der Waals surface area contributed by atoms with E-state index in [1.165, 1.54) is 5.56 Å². The van der Waals surface area contributed by atoms with E-state index in [4.69, 9.17) is 9.47 Å². The van der Waals surface area contributed by atoms with Crippen LogP contribution in [0.1, 0.15) is 5.56 Å². The summed E-state index contributed by atoms with van der Waals surface area (Å²) >= 11 is 0. The van der Waals surface area contributed by atoms with Gasteiger partial charge < -0.3 is 14.0 Å². The molecule has 6 nitrogen and oxygen atoms in total. The first-order valence-corrected chi connectivity index (χ1v) is 9.06. The molecule has 1 aliphatic heterocycles. The van der Waals surface area contributed by atoms with Crippen molar-refractivity contribution in [3.05, 3.63) is 66.6 Å². The molecule has 27 heavy (non-hydrogen) atoms. The van der Waals surface area contributed by atoms with Gasteiger partial charge in [0.2, 0.25) is 0 Å². The number of imidazole rings is 1. The molecule has 0 aliphatic carbocycles.